The van der Waals surface area contributed by atoms with Crippen molar-refractivity contribution in [3.8, 4) is 23.0 Å². The molecule has 7 heteroatoms. The van der Waals surface area contributed by atoms with Crippen LogP contribution in [-0.2, 0) is 0 Å². The lowest BCUT2D eigenvalue weighted by molar-refractivity contribution is 0.0789. The third kappa shape index (κ3) is 4.66. The van der Waals surface area contributed by atoms with Gasteiger partial charge in [0.05, 0.1) is 24.7 Å². The van der Waals surface area contributed by atoms with Gasteiger partial charge in [0.15, 0.2) is 23.0 Å². The Morgan fingerprint density at radius 1 is 1.30 bits per heavy atom. The van der Waals surface area contributed by atoms with E-state index in [0.29, 0.717) is 47.0 Å². The topological polar surface area (TPSA) is 66.0 Å². The van der Waals surface area contributed by atoms with E-state index >= 15 is 0 Å². The van der Waals surface area contributed by atoms with Crippen LogP contribution in [-0.4, -0.2) is 38.9 Å². The minimum absolute atomic E-state index is 0.224. The molecule has 1 aliphatic rings. The second kappa shape index (κ2) is 8.99. The van der Waals surface area contributed by atoms with Crippen LogP contribution in [0.15, 0.2) is 40.9 Å². The Morgan fingerprint density at radius 2 is 2.07 bits per heavy atom. The Bertz CT molecular complexity index is 811. The number of hydrogen-bond acceptors (Lipinski definition) is 5. The van der Waals surface area contributed by atoms with Gasteiger partial charge in [-0.1, -0.05) is 19.1 Å². The molecule has 3 rings (SSSR count). The van der Waals surface area contributed by atoms with Gasteiger partial charge in [0.2, 0.25) is 0 Å². The van der Waals surface area contributed by atoms with Crippen LogP contribution in [0, 0.1) is 0 Å². The van der Waals surface area contributed by atoms with E-state index < -0.39 is 0 Å². The van der Waals surface area contributed by atoms with Crippen molar-refractivity contribution >= 4 is 21.8 Å². The molecule has 0 bridgehead atoms. The Kier molecular flexibility index (Phi) is 6.45. The molecule has 2 aromatic rings. The average Bonchev–Trinajstić information content (AvgIpc) is 2.70. The van der Waals surface area contributed by atoms with Gasteiger partial charge in [-0.25, -0.2) is 0 Å². The standard InChI is InChI=1S/C20H22BrNO5/c1-3-8-25-19-15(21)9-13(10-18(19)24-2)20(23)22-11-14-12-26-16-6-4-5-7-17(16)27-14/h4-7,9-10,14H,3,8,11-12H2,1-2H3,(H,22,23). The van der Waals surface area contributed by atoms with Crippen LogP contribution >= 0.6 is 15.9 Å². The number of rotatable bonds is 7. The molecule has 2 aromatic carbocycles. The summed E-state index contributed by atoms with van der Waals surface area (Å²) in [6, 6.07) is 10.9. The lowest BCUT2D eigenvalue weighted by Crippen LogP contribution is -2.40. The Balaban J connectivity index is 1.64. The highest BCUT2D eigenvalue weighted by molar-refractivity contribution is 9.10. The van der Waals surface area contributed by atoms with Crippen LogP contribution in [0.2, 0.25) is 0 Å². The van der Waals surface area contributed by atoms with Crippen molar-refractivity contribution in [2.45, 2.75) is 19.4 Å². The second-order valence-electron chi connectivity index (χ2n) is 6.05. The Labute approximate surface area is 166 Å². The number of methoxy groups -OCH3 is 1. The number of ether oxygens (including phenoxy) is 4. The van der Waals surface area contributed by atoms with Gasteiger partial charge in [-0.3, -0.25) is 4.79 Å². The summed E-state index contributed by atoms with van der Waals surface area (Å²) in [5, 5.41) is 2.88. The smallest absolute Gasteiger partial charge is 0.251 e. The van der Waals surface area contributed by atoms with Gasteiger partial charge in [-0.05, 0) is 46.6 Å². The van der Waals surface area contributed by atoms with Crippen molar-refractivity contribution in [2.75, 3.05) is 26.9 Å². The molecule has 27 heavy (non-hydrogen) atoms. The fraction of sp³-hybridized carbons (Fsp3) is 0.350. The van der Waals surface area contributed by atoms with Gasteiger partial charge in [-0.15, -0.1) is 0 Å². The van der Waals surface area contributed by atoms with E-state index in [1.54, 1.807) is 19.2 Å². The van der Waals surface area contributed by atoms with Crippen LogP contribution in [0.4, 0.5) is 0 Å². The molecule has 144 valence electrons. The van der Waals surface area contributed by atoms with Crippen molar-refractivity contribution in [1.82, 2.24) is 5.32 Å². The highest BCUT2D eigenvalue weighted by Gasteiger charge is 2.22. The molecule has 0 saturated carbocycles. The molecule has 1 N–H and O–H groups in total. The quantitative estimate of drug-likeness (QED) is 0.715. The van der Waals surface area contributed by atoms with E-state index in [9.17, 15) is 4.79 Å². The fourth-order valence-electron chi connectivity index (χ4n) is 2.67. The number of para-hydroxylation sites is 2. The molecule has 1 amide bonds. The van der Waals surface area contributed by atoms with Gasteiger partial charge < -0.3 is 24.3 Å². The molecule has 0 aliphatic carbocycles. The van der Waals surface area contributed by atoms with E-state index in [2.05, 4.69) is 21.2 Å². The van der Waals surface area contributed by atoms with Gasteiger partial charge in [0.25, 0.3) is 5.91 Å². The van der Waals surface area contributed by atoms with Crippen molar-refractivity contribution in [3.05, 3.63) is 46.4 Å². The molecule has 6 nitrogen and oxygen atoms in total. The normalized spacial score (nSPS) is 15.1. The molecular weight excluding hydrogens is 414 g/mol. The van der Waals surface area contributed by atoms with E-state index in [0.717, 1.165) is 12.2 Å². The van der Waals surface area contributed by atoms with Crippen LogP contribution in [0.25, 0.3) is 0 Å². The van der Waals surface area contributed by atoms with E-state index in [4.69, 9.17) is 18.9 Å². The first-order chi connectivity index (χ1) is 13.1. The lowest BCUT2D eigenvalue weighted by Gasteiger charge is -2.26. The van der Waals surface area contributed by atoms with Crippen molar-refractivity contribution < 1.29 is 23.7 Å². The summed E-state index contributed by atoms with van der Waals surface area (Å²) in [7, 11) is 1.55. The molecule has 0 radical (unpaired) electrons. The van der Waals surface area contributed by atoms with Crippen LogP contribution < -0.4 is 24.3 Å². The molecule has 1 atom stereocenters. The summed E-state index contributed by atoms with van der Waals surface area (Å²) in [4.78, 5) is 12.6. The number of carbonyl (C=O) groups is 1. The third-order valence-corrected chi connectivity index (χ3v) is 4.59. The zero-order valence-corrected chi connectivity index (χ0v) is 16.9. The molecule has 1 unspecified atom stereocenters. The Morgan fingerprint density at radius 3 is 2.81 bits per heavy atom. The highest BCUT2D eigenvalue weighted by Crippen LogP contribution is 2.37. The van der Waals surface area contributed by atoms with Crippen LogP contribution in [0.5, 0.6) is 23.0 Å². The zero-order valence-electron chi connectivity index (χ0n) is 15.3. The highest BCUT2D eigenvalue weighted by atomic mass is 79.9. The monoisotopic (exact) mass is 435 g/mol. The molecule has 0 saturated heterocycles. The first kappa shape index (κ1) is 19.4. The summed E-state index contributed by atoms with van der Waals surface area (Å²) in [6.45, 7) is 3.31. The predicted molar refractivity (Wildman–Crippen MR) is 105 cm³/mol. The number of carbonyl (C=O) groups excluding carboxylic acids is 1. The van der Waals surface area contributed by atoms with E-state index in [1.807, 2.05) is 31.2 Å². The maximum absolute atomic E-state index is 12.6. The summed E-state index contributed by atoms with van der Waals surface area (Å²) in [5.74, 6) is 2.28. The van der Waals surface area contributed by atoms with Gasteiger partial charge in [0, 0.05) is 5.56 Å². The number of hydrogen-bond donors (Lipinski definition) is 1. The maximum Gasteiger partial charge on any atom is 0.251 e. The summed E-state index contributed by atoms with van der Waals surface area (Å²) in [6.07, 6.45) is 0.631. The van der Waals surface area contributed by atoms with E-state index in [-0.39, 0.29) is 12.0 Å². The summed E-state index contributed by atoms with van der Waals surface area (Å²) in [5.41, 5.74) is 0.472. The third-order valence-electron chi connectivity index (χ3n) is 4.00. The van der Waals surface area contributed by atoms with Crippen molar-refractivity contribution in [2.24, 2.45) is 0 Å². The SMILES string of the molecule is CCCOc1c(Br)cc(C(=O)NCC2COc3ccccc3O2)cc1OC. The molecule has 0 spiro atoms. The Hall–Kier alpha value is -2.41. The summed E-state index contributed by atoms with van der Waals surface area (Å²) < 4.78 is 23.3. The predicted octanol–water partition coefficient (Wildman–Crippen LogP) is 3.82. The number of nitrogens with one attached hydrogen (secondary N) is 1. The number of halogens is 1. The first-order valence-electron chi connectivity index (χ1n) is 8.79. The lowest BCUT2D eigenvalue weighted by atomic mass is 10.2. The molecular formula is C20H22BrNO5. The minimum atomic E-state index is -0.249. The van der Waals surface area contributed by atoms with Crippen molar-refractivity contribution in [3.63, 3.8) is 0 Å². The number of amides is 1. The van der Waals surface area contributed by atoms with Gasteiger partial charge in [0.1, 0.15) is 12.7 Å². The van der Waals surface area contributed by atoms with Crippen molar-refractivity contribution in [1.29, 1.82) is 0 Å². The first-order valence-corrected chi connectivity index (χ1v) is 9.58. The largest absolute Gasteiger partial charge is 0.493 e. The minimum Gasteiger partial charge on any atom is -0.493 e. The second-order valence-corrected chi connectivity index (χ2v) is 6.90. The van der Waals surface area contributed by atoms with Crippen LogP contribution in [0.3, 0.4) is 0 Å². The molecule has 0 aromatic heterocycles. The molecule has 1 heterocycles. The van der Waals surface area contributed by atoms with Gasteiger partial charge >= 0.3 is 0 Å². The number of fused-ring (bicyclic) bond motifs is 1. The molecule has 1 aliphatic heterocycles. The fourth-order valence-corrected chi connectivity index (χ4v) is 3.22. The summed E-state index contributed by atoms with van der Waals surface area (Å²) >= 11 is 3.45. The zero-order chi connectivity index (χ0) is 19.2. The maximum atomic E-state index is 12.6. The number of benzene rings is 2. The average molecular weight is 436 g/mol. The van der Waals surface area contributed by atoms with Crippen LogP contribution in [0.1, 0.15) is 23.7 Å². The molecule has 0 fully saturated rings. The van der Waals surface area contributed by atoms with E-state index in [1.165, 1.54) is 0 Å². The van der Waals surface area contributed by atoms with Gasteiger partial charge in [-0.2, -0.15) is 0 Å².